The van der Waals surface area contributed by atoms with Crippen LogP contribution in [0.25, 0.3) is 6.08 Å². The third-order valence-corrected chi connectivity index (χ3v) is 2.61. The van der Waals surface area contributed by atoms with Crippen LogP contribution >= 0.6 is 0 Å². The molecule has 0 spiro atoms. The molecule has 22 heavy (non-hydrogen) atoms. The number of nitro groups is 1. The Morgan fingerprint density at radius 2 is 2.05 bits per heavy atom. The average Bonchev–Trinajstić information content (AvgIpc) is 2.97. The molecule has 2 aromatic rings. The van der Waals surface area contributed by atoms with E-state index in [4.69, 9.17) is 4.42 Å². The van der Waals surface area contributed by atoms with Gasteiger partial charge < -0.3 is 4.42 Å². The highest BCUT2D eigenvalue weighted by atomic mass is 16.6. The molecule has 0 aliphatic rings. The number of nitrogens with zero attached hydrogens (tertiary/aromatic N) is 2. The average molecular weight is 299 g/mol. The number of allylic oxidation sites excluding steroid dienone is 1. The molecule has 0 saturated carbocycles. The topological polar surface area (TPSA) is 97.7 Å². The van der Waals surface area contributed by atoms with Gasteiger partial charge in [0.2, 0.25) is 5.91 Å². The van der Waals surface area contributed by atoms with E-state index in [2.05, 4.69) is 10.5 Å². The number of hydrogen-bond acceptors (Lipinski definition) is 5. The third kappa shape index (κ3) is 4.71. The maximum absolute atomic E-state index is 11.6. The Morgan fingerprint density at radius 1 is 1.27 bits per heavy atom. The summed E-state index contributed by atoms with van der Waals surface area (Å²) in [5.74, 6) is -0.231. The Bertz CT molecular complexity index is 705. The molecule has 7 heteroatoms. The Morgan fingerprint density at radius 3 is 2.73 bits per heavy atom. The predicted molar refractivity (Wildman–Crippen MR) is 81.2 cm³/mol. The Kier molecular flexibility index (Phi) is 5.20. The van der Waals surface area contributed by atoms with Gasteiger partial charge in [-0.2, -0.15) is 5.10 Å². The summed E-state index contributed by atoms with van der Waals surface area (Å²) in [5.41, 5.74) is 3.28. The zero-order valence-corrected chi connectivity index (χ0v) is 11.5. The molecule has 0 unspecified atom stereocenters. The van der Waals surface area contributed by atoms with Gasteiger partial charge in [-0.15, -0.1) is 0 Å². The first-order valence-corrected chi connectivity index (χ1v) is 6.42. The minimum absolute atomic E-state index is 0.232. The van der Waals surface area contributed by atoms with Crippen LogP contribution in [0.15, 0.2) is 58.1 Å². The van der Waals surface area contributed by atoms with Crippen LogP contribution in [0.1, 0.15) is 11.3 Å². The Balaban J connectivity index is 1.78. The highest BCUT2D eigenvalue weighted by molar-refractivity contribution is 5.82. The van der Waals surface area contributed by atoms with Crippen LogP contribution in [-0.2, 0) is 11.2 Å². The molecule has 0 saturated heterocycles. The second-order valence-electron chi connectivity index (χ2n) is 4.27. The first-order valence-electron chi connectivity index (χ1n) is 6.42. The van der Waals surface area contributed by atoms with Crippen molar-refractivity contribution in [3.8, 4) is 0 Å². The van der Waals surface area contributed by atoms with E-state index in [0.717, 1.165) is 5.56 Å². The van der Waals surface area contributed by atoms with E-state index in [1.165, 1.54) is 30.5 Å². The molecule has 0 atom stereocenters. The first kappa shape index (κ1) is 15.2. The lowest BCUT2D eigenvalue weighted by Gasteiger charge is -1.98. The third-order valence-electron chi connectivity index (χ3n) is 2.61. The summed E-state index contributed by atoms with van der Waals surface area (Å²) in [6.45, 7) is 0. The standard InChI is InChI=1S/C15H13N3O4/c19-14(11-12-5-2-1-3-6-12)17-16-10-4-7-13-8-9-15(22-13)18(20)21/h1-10H,11H2,(H,17,19)/b7-4+,16-10+. The van der Waals surface area contributed by atoms with Gasteiger partial charge in [-0.05, 0) is 23.8 Å². The zero-order chi connectivity index (χ0) is 15.8. The fraction of sp³-hybridized carbons (Fsp3) is 0.0667. The molecule has 7 nitrogen and oxygen atoms in total. The van der Waals surface area contributed by atoms with E-state index in [0.29, 0.717) is 5.76 Å². The molecule has 1 amide bonds. The number of nitrogens with one attached hydrogen (secondary N) is 1. The lowest BCUT2D eigenvalue weighted by Crippen LogP contribution is -2.19. The lowest BCUT2D eigenvalue weighted by molar-refractivity contribution is -0.402. The number of amides is 1. The first-order chi connectivity index (χ1) is 10.6. The molecule has 1 aromatic heterocycles. The van der Waals surface area contributed by atoms with Gasteiger partial charge in [-0.1, -0.05) is 30.3 Å². The van der Waals surface area contributed by atoms with Gasteiger partial charge in [-0.3, -0.25) is 14.9 Å². The van der Waals surface area contributed by atoms with E-state index in [-0.39, 0.29) is 18.2 Å². The molecule has 2 rings (SSSR count). The summed E-state index contributed by atoms with van der Waals surface area (Å²) in [7, 11) is 0. The molecule has 0 aliphatic carbocycles. The van der Waals surface area contributed by atoms with Crippen molar-refractivity contribution in [2.45, 2.75) is 6.42 Å². The smallest absolute Gasteiger partial charge is 0.401 e. The number of carbonyl (C=O) groups is 1. The summed E-state index contributed by atoms with van der Waals surface area (Å²) in [5, 5.41) is 14.2. The summed E-state index contributed by atoms with van der Waals surface area (Å²) in [6.07, 6.45) is 4.61. The van der Waals surface area contributed by atoms with Crippen LogP contribution in [0.5, 0.6) is 0 Å². The van der Waals surface area contributed by atoms with Crippen molar-refractivity contribution in [3.63, 3.8) is 0 Å². The van der Waals surface area contributed by atoms with Crippen molar-refractivity contribution in [1.29, 1.82) is 0 Å². The molecule has 0 aliphatic heterocycles. The van der Waals surface area contributed by atoms with Gasteiger partial charge in [-0.25, -0.2) is 5.43 Å². The quantitative estimate of drug-likeness (QED) is 0.503. The van der Waals surface area contributed by atoms with Crippen molar-refractivity contribution >= 4 is 24.1 Å². The largest absolute Gasteiger partial charge is 0.433 e. The number of carbonyl (C=O) groups excluding carboxylic acids is 1. The molecule has 1 N–H and O–H groups in total. The molecular weight excluding hydrogens is 286 g/mol. The van der Waals surface area contributed by atoms with E-state index in [1.54, 1.807) is 0 Å². The SMILES string of the molecule is O=C(Cc1ccccc1)N/N=C/C=C/c1ccc([N+](=O)[O-])o1. The van der Waals surface area contributed by atoms with Crippen LogP contribution in [0.3, 0.4) is 0 Å². The van der Waals surface area contributed by atoms with Crippen molar-refractivity contribution in [3.05, 3.63) is 70.0 Å². The molecule has 1 aromatic carbocycles. The molecule has 0 fully saturated rings. The molecule has 0 radical (unpaired) electrons. The maximum atomic E-state index is 11.6. The Hall–Kier alpha value is -3.22. The second-order valence-corrected chi connectivity index (χ2v) is 4.27. The number of rotatable bonds is 6. The summed E-state index contributed by atoms with van der Waals surface area (Å²) in [6, 6.07) is 12.0. The van der Waals surface area contributed by atoms with E-state index >= 15 is 0 Å². The van der Waals surface area contributed by atoms with E-state index < -0.39 is 4.92 Å². The highest BCUT2D eigenvalue weighted by Crippen LogP contribution is 2.16. The Labute approximate surface area is 126 Å². The van der Waals surface area contributed by atoms with E-state index in [9.17, 15) is 14.9 Å². The minimum atomic E-state index is -0.616. The van der Waals surface area contributed by atoms with Crippen molar-refractivity contribution < 1.29 is 14.1 Å². The monoisotopic (exact) mass is 299 g/mol. The summed E-state index contributed by atoms with van der Waals surface area (Å²) >= 11 is 0. The van der Waals surface area contributed by atoms with Gasteiger partial charge in [0.1, 0.15) is 10.7 Å². The molecule has 112 valence electrons. The van der Waals surface area contributed by atoms with E-state index in [1.807, 2.05) is 30.3 Å². The number of furan rings is 1. The maximum Gasteiger partial charge on any atom is 0.433 e. The van der Waals surface area contributed by atoms with Gasteiger partial charge in [0.25, 0.3) is 0 Å². The van der Waals surface area contributed by atoms with Crippen LogP contribution in [-0.4, -0.2) is 17.0 Å². The van der Waals surface area contributed by atoms with Gasteiger partial charge in [0, 0.05) is 6.21 Å². The lowest BCUT2D eigenvalue weighted by atomic mass is 10.1. The zero-order valence-electron chi connectivity index (χ0n) is 11.5. The van der Waals surface area contributed by atoms with Crippen molar-refractivity contribution in [2.75, 3.05) is 0 Å². The normalized spacial score (nSPS) is 11.1. The number of hydrogen-bond donors (Lipinski definition) is 1. The van der Waals surface area contributed by atoms with Crippen LogP contribution in [0.4, 0.5) is 5.88 Å². The molecule has 1 heterocycles. The highest BCUT2D eigenvalue weighted by Gasteiger charge is 2.09. The van der Waals surface area contributed by atoms with Crippen molar-refractivity contribution in [1.82, 2.24) is 5.43 Å². The summed E-state index contributed by atoms with van der Waals surface area (Å²) < 4.78 is 4.92. The van der Waals surface area contributed by atoms with Crippen LogP contribution < -0.4 is 5.43 Å². The second kappa shape index (κ2) is 7.53. The summed E-state index contributed by atoms with van der Waals surface area (Å²) in [4.78, 5) is 21.4. The number of benzene rings is 1. The van der Waals surface area contributed by atoms with Crippen LogP contribution in [0.2, 0.25) is 0 Å². The fourth-order valence-electron chi connectivity index (χ4n) is 1.64. The molecule has 0 bridgehead atoms. The van der Waals surface area contributed by atoms with Crippen LogP contribution in [0, 0.1) is 10.1 Å². The van der Waals surface area contributed by atoms with Gasteiger partial charge >= 0.3 is 5.88 Å². The fourth-order valence-corrected chi connectivity index (χ4v) is 1.64. The van der Waals surface area contributed by atoms with Gasteiger partial charge in [0.15, 0.2) is 0 Å². The van der Waals surface area contributed by atoms with Crippen molar-refractivity contribution in [2.24, 2.45) is 5.10 Å². The predicted octanol–water partition coefficient (Wildman–Crippen LogP) is 2.55. The molecular formula is C15H13N3O4. The minimum Gasteiger partial charge on any atom is -0.401 e. The van der Waals surface area contributed by atoms with Gasteiger partial charge in [0.05, 0.1) is 12.5 Å². The number of hydrazone groups is 1.